The van der Waals surface area contributed by atoms with E-state index in [1.165, 1.54) is 12.5 Å². The standard InChI is InChI=1S/C19H22N2O.C13H10ClF3O3/c1-2-13-12-21-10-8-14(13)11-18(21)19(22)16-7-9-20-17-6-4-3-5-15(16)17;1-5-3-9-7(6(2)10(5)14)4-8(12(18)19)11(20-9)13(15,16)17/h2-7,9,13-14,18-19,22H,1,8,10-12H2;3-4,11H,1-2H3,(H,18,19)/t13-,14-,18+,19-;11-/m01/s1. The van der Waals surface area contributed by atoms with Crippen molar-refractivity contribution in [2.45, 2.75) is 51.1 Å². The van der Waals surface area contributed by atoms with Crippen LogP contribution in [0.1, 0.15) is 41.2 Å². The van der Waals surface area contributed by atoms with E-state index in [0.29, 0.717) is 28.0 Å². The number of alkyl halides is 3. The van der Waals surface area contributed by atoms with E-state index >= 15 is 0 Å². The maximum atomic E-state index is 12.9. The number of piperidine rings is 3. The minimum Gasteiger partial charge on any atom is -0.478 e. The van der Waals surface area contributed by atoms with Crippen LogP contribution in [0.2, 0.25) is 5.02 Å². The largest absolute Gasteiger partial charge is 0.478 e. The average Bonchev–Trinajstić information content (AvgIpc) is 2.98. The molecule has 1 unspecified atom stereocenters. The summed E-state index contributed by atoms with van der Waals surface area (Å²) in [5.41, 5.74) is 2.43. The summed E-state index contributed by atoms with van der Waals surface area (Å²) >= 11 is 6.01. The second-order valence-electron chi connectivity index (χ2n) is 11.1. The summed E-state index contributed by atoms with van der Waals surface area (Å²) in [6.45, 7) is 9.35. The predicted molar refractivity (Wildman–Crippen MR) is 155 cm³/mol. The van der Waals surface area contributed by atoms with Crippen LogP contribution in [-0.4, -0.2) is 57.5 Å². The van der Waals surface area contributed by atoms with Crippen molar-refractivity contribution in [3.05, 3.63) is 88.1 Å². The Labute approximate surface area is 247 Å². The normalized spacial score (nSPS) is 25.4. The number of aryl methyl sites for hydroxylation is 1. The van der Waals surface area contributed by atoms with Gasteiger partial charge in [-0.3, -0.25) is 9.88 Å². The molecule has 2 N–H and O–H groups in total. The molecular formula is C32H32ClF3N2O4. The summed E-state index contributed by atoms with van der Waals surface area (Å²) in [4.78, 5) is 17.9. The summed E-state index contributed by atoms with van der Waals surface area (Å²) < 4.78 is 43.5. The van der Waals surface area contributed by atoms with E-state index in [1.807, 2.05) is 30.5 Å². The molecule has 4 aliphatic rings. The van der Waals surface area contributed by atoms with Crippen molar-refractivity contribution in [1.29, 1.82) is 0 Å². The minimum absolute atomic E-state index is 0.0169. The average molecular weight is 601 g/mol. The van der Waals surface area contributed by atoms with E-state index in [9.17, 15) is 23.1 Å². The van der Waals surface area contributed by atoms with Crippen molar-refractivity contribution in [3.63, 3.8) is 0 Å². The first-order valence-electron chi connectivity index (χ1n) is 13.8. The van der Waals surface area contributed by atoms with Gasteiger partial charge in [-0.1, -0.05) is 35.9 Å². The van der Waals surface area contributed by atoms with Crippen LogP contribution >= 0.6 is 11.6 Å². The SMILES string of the molecule is C=C[C@H]1CN2CC[C@H]1C[C@@H]2[C@@H](O)c1ccnc2ccccc12.Cc1cc2c(c(C)c1Cl)C=C(C(=O)O)[C@H](C(F)(F)F)O2. The first-order valence-corrected chi connectivity index (χ1v) is 14.1. The van der Waals surface area contributed by atoms with Gasteiger partial charge in [0.1, 0.15) is 5.75 Å². The predicted octanol–water partition coefficient (Wildman–Crippen LogP) is 6.91. The number of ether oxygens (including phenoxy) is 1. The first-order chi connectivity index (χ1) is 19.9. The molecule has 3 fully saturated rings. The zero-order chi connectivity index (χ0) is 30.3. The molecule has 3 saturated heterocycles. The van der Waals surface area contributed by atoms with Gasteiger partial charge in [-0.05, 0) is 86.0 Å². The molecule has 42 heavy (non-hydrogen) atoms. The monoisotopic (exact) mass is 600 g/mol. The number of hydrogen-bond donors (Lipinski definition) is 2. The highest BCUT2D eigenvalue weighted by Gasteiger charge is 2.48. The van der Waals surface area contributed by atoms with Gasteiger partial charge < -0.3 is 14.9 Å². The molecule has 0 amide bonds. The maximum absolute atomic E-state index is 12.9. The Hall–Kier alpha value is -3.40. The van der Waals surface area contributed by atoms with Gasteiger partial charge in [-0.25, -0.2) is 4.79 Å². The van der Waals surface area contributed by atoms with Crippen molar-refractivity contribution in [1.82, 2.24) is 9.88 Å². The van der Waals surface area contributed by atoms with Crippen molar-refractivity contribution >= 4 is 34.5 Å². The van der Waals surface area contributed by atoms with Crippen LogP contribution in [0.5, 0.6) is 5.75 Å². The Morgan fingerprint density at radius 3 is 2.64 bits per heavy atom. The minimum atomic E-state index is -4.80. The maximum Gasteiger partial charge on any atom is 0.430 e. The number of fused-ring (bicyclic) bond motifs is 5. The number of halogens is 4. The lowest BCUT2D eigenvalue weighted by Crippen LogP contribution is -2.54. The van der Waals surface area contributed by atoms with E-state index in [2.05, 4.69) is 28.6 Å². The molecule has 2 aromatic carbocycles. The molecule has 2 bridgehead atoms. The Morgan fingerprint density at radius 2 is 2.00 bits per heavy atom. The molecular weight excluding hydrogens is 569 g/mol. The van der Waals surface area contributed by atoms with E-state index < -0.39 is 29.9 Å². The van der Waals surface area contributed by atoms with Crippen LogP contribution in [0.3, 0.4) is 0 Å². The highest BCUT2D eigenvalue weighted by molar-refractivity contribution is 6.32. The number of rotatable bonds is 4. The van der Waals surface area contributed by atoms with Crippen molar-refractivity contribution in [2.24, 2.45) is 11.8 Å². The smallest absolute Gasteiger partial charge is 0.430 e. The number of nitrogens with zero attached hydrogens (tertiary/aromatic N) is 2. The van der Waals surface area contributed by atoms with Gasteiger partial charge in [0.25, 0.3) is 0 Å². The molecule has 10 heteroatoms. The lowest BCUT2D eigenvalue weighted by molar-refractivity contribution is -0.187. The number of aliphatic carboxylic acids is 1. The molecule has 6 nitrogen and oxygen atoms in total. The summed E-state index contributed by atoms with van der Waals surface area (Å²) in [7, 11) is 0. The van der Waals surface area contributed by atoms with Gasteiger partial charge in [0, 0.05) is 34.8 Å². The number of pyridine rings is 1. The van der Waals surface area contributed by atoms with Crippen LogP contribution < -0.4 is 4.74 Å². The molecule has 0 aliphatic carbocycles. The van der Waals surface area contributed by atoms with Crippen molar-refractivity contribution < 1.29 is 32.9 Å². The topological polar surface area (TPSA) is 82.9 Å². The fourth-order valence-corrected chi connectivity index (χ4v) is 6.50. The second-order valence-corrected chi connectivity index (χ2v) is 11.5. The number of aliphatic hydroxyl groups is 1. The number of hydrogen-bond acceptors (Lipinski definition) is 5. The molecule has 0 radical (unpaired) electrons. The highest BCUT2D eigenvalue weighted by atomic mass is 35.5. The second kappa shape index (κ2) is 11.7. The quantitative estimate of drug-likeness (QED) is 0.317. The van der Waals surface area contributed by atoms with E-state index in [0.717, 1.165) is 42.1 Å². The Bertz CT molecular complexity index is 1550. The lowest BCUT2D eigenvalue weighted by Gasteiger charge is -2.50. The van der Waals surface area contributed by atoms with Gasteiger partial charge in [-0.2, -0.15) is 13.2 Å². The van der Waals surface area contributed by atoms with Gasteiger partial charge in [0.15, 0.2) is 0 Å². The van der Waals surface area contributed by atoms with Crippen LogP contribution in [-0.2, 0) is 4.79 Å². The number of para-hydroxylation sites is 1. The van der Waals surface area contributed by atoms with Gasteiger partial charge in [0.2, 0.25) is 6.10 Å². The molecule has 5 heterocycles. The third-order valence-corrected chi connectivity index (χ3v) is 9.17. The molecule has 3 aromatic rings. The van der Waals surface area contributed by atoms with Gasteiger partial charge in [0.05, 0.1) is 17.2 Å². The Morgan fingerprint density at radius 1 is 1.26 bits per heavy atom. The number of carboxylic acids is 1. The fourth-order valence-electron chi connectivity index (χ4n) is 6.34. The van der Waals surface area contributed by atoms with Crippen LogP contribution in [0, 0.1) is 25.7 Å². The Kier molecular flexibility index (Phi) is 8.38. The van der Waals surface area contributed by atoms with Crippen molar-refractivity contribution in [3.8, 4) is 5.75 Å². The van der Waals surface area contributed by atoms with Crippen molar-refractivity contribution in [2.75, 3.05) is 13.1 Å². The zero-order valence-electron chi connectivity index (χ0n) is 23.2. The third-order valence-electron chi connectivity index (χ3n) is 8.58. The first kappa shape index (κ1) is 30.1. The third kappa shape index (κ3) is 5.65. The summed E-state index contributed by atoms with van der Waals surface area (Å²) in [5, 5.41) is 21.4. The fraction of sp³-hybridized carbons (Fsp3) is 0.375. The Balaban J connectivity index is 0.000000169. The number of benzene rings is 2. The van der Waals surface area contributed by atoms with Gasteiger partial charge in [-0.15, -0.1) is 6.58 Å². The van der Waals surface area contributed by atoms with Crippen LogP contribution in [0.4, 0.5) is 13.2 Å². The number of carbonyl (C=O) groups is 1. The zero-order valence-corrected chi connectivity index (χ0v) is 24.0. The molecule has 4 aliphatic heterocycles. The molecule has 0 spiro atoms. The number of aliphatic hydroxyl groups excluding tert-OH is 1. The lowest BCUT2D eigenvalue weighted by atomic mass is 9.73. The molecule has 6 atom stereocenters. The molecule has 0 saturated carbocycles. The number of aromatic nitrogens is 1. The molecule has 1 aromatic heterocycles. The van der Waals surface area contributed by atoms with E-state index in [1.54, 1.807) is 13.8 Å². The van der Waals surface area contributed by atoms with E-state index in [4.69, 9.17) is 21.4 Å². The van der Waals surface area contributed by atoms with E-state index in [-0.39, 0.29) is 17.4 Å². The summed E-state index contributed by atoms with van der Waals surface area (Å²) in [6, 6.07) is 11.6. The molecule has 222 valence electrons. The number of carboxylic acid groups (broad SMARTS) is 1. The van der Waals surface area contributed by atoms with Crippen LogP contribution in [0.15, 0.2) is 60.8 Å². The summed E-state index contributed by atoms with van der Waals surface area (Å²) in [5.74, 6) is -0.424. The summed E-state index contributed by atoms with van der Waals surface area (Å²) in [6.07, 6.45) is -0.547. The van der Waals surface area contributed by atoms with Gasteiger partial charge >= 0.3 is 12.1 Å². The van der Waals surface area contributed by atoms with Crippen LogP contribution in [0.25, 0.3) is 17.0 Å². The highest BCUT2D eigenvalue weighted by Crippen LogP contribution is 2.43. The molecule has 7 rings (SSSR count).